The molecule has 2 N–H and O–H groups in total. The van der Waals surface area contributed by atoms with Crippen molar-refractivity contribution in [3.8, 4) is 0 Å². The van der Waals surface area contributed by atoms with Gasteiger partial charge < -0.3 is 9.52 Å². The van der Waals surface area contributed by atoms with Gasteiger partial charge in [-0.2, -0.15) is 0 Å². The zero-order valence-electron chi connectivity index (χ0n) is 10.8. The molecule has 0 aliphatic rings. The van der Waals surface area contributed by atoms with Crippen molar-refractivity contribution in [1.29, 1.82) is 0 Å². The Labute approximate surface area is 132 Å². The van der Waals surface area contributed by atoms with Gasteiger partial charge >= 0.3 is 0 Å². The van der Waals surface area contributed by atoms with Gasteiger partial charge in [0.2, 0.25) is 10.0 Å². The highest BCUT2D eigenvalue weighted by Gasteiger charge is 2.20. The Morgan fingerprint density at radius 3 is 2.67 bits per heavy atom. The molecule has 1 aromatic heterocycles. The van der Waals surface area contributed by atoms with Crippen molar-refractivity contribution in [3.63, 3.8) is 0 Å². The lowest BCUT2D eigenvalue weighted by molar-refractivity contribution is 0.281. The monoisotopic (exact) mass is 349 g/mol. The zero-order chi connectivity index (χ0) is 15.5. The predicted octanol–water partition coefficient (Wildman–Crippen LogP) is 2.60. The fourth-order valence-corrected chi connectivity index (χ4v) is 3.72. The summed E-state index contributed by atoms with van der Waals surface area (Å²) in [5.41, 5.74) is 0.260. The SMILES string of the molecule is O=S(=O)(NCCc1ccco1)c1cc(Cl)cc(CO)c1Cl. The molecule has 0 saturated carbocycles. The molecular formula is C13H13Cl2NO4S. The normalized spacial score (nSPS) is 11.8. The van der Waals surface area contributed by atoms with Crippen LogP contribution in [-0.4, -0.2) is 20.1 Å². The number of aliphatic hydroxyl groups excluding tert-OH is 1. The van der Waals surface area contributed by atoms with E-state index in [0.717, 1.165) is 0 Å². The summed E-state index contributed by atoms with van der Waals surface area (Å²) in [7, 11) is -3.82. The molecule has 0 spiro atoms. The summed E-state index contributed by atoms with van der Waals surface area (Å²) in [6.45, 7) is -0.235. The van der Waals surface area contributed by atoms with E-state index >= 15 is 0 Å². The van der Waals surface area contributed by atoms with Gasteiger partial charge in [0.1, 0.15) is 10.7 Å². The Bertz CT molecular complexity index is 714. The lowest BCUT2D eigenvalue weighted by atomic mass is 10.2. The average molecular weight is 350 g/mol. The molecule has 2 rings (SSSR count). The summed E-state index contributed by atoms with van der Waals surface area (Å²) in [5.74, 6) is 0.672. The molecule has 0 bridgehead atoms. The summed E-state index contributed by atoms with van der Waals surface area (Å²) in [6.07, 6.45) is 1.93. The number of furan rings is 1. The summed E-state index contributed by atoms with van der Waals surface area (Å²) >= 11 is 11.8. The molecule has 0 amide bonds. The maximum Gasteiger partial charge on any atom is 0.242 e. The smallest absolute Gasteiger partial charge is 0.242 e. The number of benzene rings is 1. The average Bonchev–Trinajstić information content (AvgIpc) is 2.93. The fourth-order valence-electron chi connectivity index (χ4n) is 1.77. The Morgan fingerprint density at radius 2 is 2.05 bits per heavy atom. The van der Waals surface area contributed by atoms with Gasteiger partial charge in [0.05, 0.1) is 17.9 Å². The van der Waals surface area contributed by atoms with Crippen molar-refractivity contribution < 1.29 is 17.9 Å². The van der Waals surface area contributed by atoms with E-state index in [1.54, 1.807) is 12.1 Å². The molecule has 0 radical (unpaired) electrons. The minimum Gasteiger partial charge on any atom is -0.469 e. The van der Waals surface area contributed by atoms with Crippen molar-refractivity contribution in [2.75, 3.05) is 6.54 Å². The second-order valence-corrected chi connectivity index (χ2v) is 6.81. The van der Waals surface area contributed by atoms with Gasteiger partial charge in [-0.15, -0.1) is 0 Å². The number of hydrogen-bond donors (Lipinski definition) is 2. The van der Waals surface area contributed by atoms with Gasteiger partial charge in [0, 0.05) is 18.0 Å². The number of aliphatic hydroxyl groups is 1. The largest absolute Gasteiger partial charge is 0.469 e. The molecule has 0 saturated heterocycles. The number of nitrogens with one attached hydrogen (secondary N) is 1. The van der Waals surface area contributed by atoms with Crippen LogP contribution in [0.1, 0.15) is 11.3 Å². The third-order valence-electron chi connectivity index (χ3n) is 2.78. The van der Waals surface area contributed by atoms with Crippen LogP contribution < -0.4 is 4.72 Å². The zero-order valence-corrected chi connectivity index (χ0v) is 13.2. The van der Waals surface area contributed by atoms with E-state index in [0.29, 0.717) is 12.2 Å². The van der Waals surface area contributed by atoms with Gasteiger partial charge in [-0.3, -0.25) is 0 Å². The van der Waals surface area contributed by atoms with Crippen LogP contribution in [0.5, 0.6) is 0 Å². The standard InChI is InChI=1S/C13H13Cl2NO4S/c14-10-6-9(8-17)13(15)12(7-10)21(18,19)16-4-3-11-2-1-5-20-11/h1-2,5-7,16-17H,3-4,8H2. The molecule has 114 valence electrons. The molecular weight excluding hydrogens is 337 g/mol. The van der Waals surface area contributed by atoms with Crippen LogP contribution in [0.4, 0.5) is 0 Å². The molecule has 0 unspecified atom stereocenters. The van der Waals surface area contributed by atoms with Crippen LogP contribution in [-0.2, 0) is 23.1 Å². The first-order chi connectivity index (χ1) is 9.94. The molecule has 1 heterocycles. The first-order valence-electron chi connectivity index (χ1n) is 6.05. The molecule has 0 aliphatic carbocycles. The molecule has 5 nitrogen and oxygen atoms in total. The second kappa shape index (κ2) is 6.81. The van der Waals surface area contributed by atoms with E-state index in [4.69, 9.17) is 32.7 Å². The quantitative estimate of drug-likeness (QED) is 0.839. The molecule has 1 aromatic carbocycles. The van der Waals surface area contributed by atoms with Crippen LogP contribution in [0, 0.1) is 0 Å². The highest BCUT2D eigenvalue weighted by atomic mass is 35.5. The van der Waals surface area contributed by atoms with Crippen LogP contribution >= 0.6 is 23.2 Å². The Kier molecular flexibility index (Phi) is 5.29. The van der Waals surface area contributed by atoms with Crippen molar-refractivity contribution in [3.05, 3.63) is 51.9 Å². The van der Waals surface area contributed by atoms with E-state index < -0.39 is 16.6 Å². The van der Waals surface area contributed by atoms with Crippen molar-refractivity contribution in [1.82, 2.24) is 4.72 Å². The Hall–Kier alpha value is -1.05. The lowest BCUT2D eigenvalue weighted by Crippen LogP contribution is -2.26. The number of sulfonamides is 1. The number of rotatable bonds is 6. The topological polar surface area (TPSA) is 79.5 Å². The second-order valence-electron chi connectivity index (χ2n) is 4.26. The maximum atomic E-state index is 12.2. The van der Waals surface area contributed by atoms with Crippen molar-refractivity contribution >= 4 is 33.2 Å². The first-order valence-corrected chi connectivity index (χ1v) is 8.29. The Morgan fingerprint density at radius 1 is 1.29 bits per heavy atom. The molecule has 0 atom stereocenters. The minimum absolute atomic E-state index is 0.0348. The van der Waals surface area contributed by atoms with Gasteiger partial charge in [0.15, 0.2) is 0 Å². The summed E-state index contributed by atoms with van der Waals surface area (Å²) in [4.78, 5) is -0.153. The molecule has 21 heavy (non-hydrogen) atoms. The van der Waals surface area contributed by atoms with Crippen LogP contribution in [0.2, 0.25) is 10.0 Å². The molecule has 0 fully saturated rings. The third kappa shape index (κ3) is 3.99. The minimum atomic E-state index is -3.82. The van der Waals surface area contributed by atoms with Crippen LogP contribution in [0.25, 0.3) is 0 Å². The highest BCUT2D eigenvalue weighted by Crippen LogP contribution is 2.29. The van der Waals surface area contributed by atoms with Crippen molar-refractivity contribution in [2.24, 2.45) is 0 Å². The summed E-state index contributed by atoms with van der Waals surface area (Å²) in [6, 6.07) is 6.15. The molecule has 8 heteroatoms. The van der Waals surface area contributed by atoms with Gasteiger partial charge in [-0.25, -0.2) is 13.1 Å². The Balaban J connectivity index is 2.17. The van der Waals surface area contributed by atoms with Gasteiger partial charge in [0.25, 0.3) is 0 Å². The predicted molar refractivity (Wildman–Crippen MR) is 80.0 cm³/mol. The highest BCUT2D eigenvalue weighted by molar-refractivity contribution is 7.89. The van der Waals surface area contributed by atoms with E-state index in [2.05, 4.69) is 4.72 Å². The van der Waals surface area contributed by atoms with Crippen LogP contribution in [0.15, 0.2) is 39.8 Å². The van der Waals surface area contributed by atoms with Crippen molar-refractivity contribution in [2.45, 2.75) is 17.9 Å². The van der Waals surface area contributed by atoms with E-state index in [1.165, 1.54) is 18.4 Å². The maximum absolute atomic E-state index is 12.2. The molecule has 0 aliphatic heterocycles. The van der Waals surface area contributed by atoms with Crippen LogP contribution in [0.3, 0.4) is 0 Å². The number of hydrogen-bond acceptors (Lipinski definition) is 4. The van der Waals surface area contributed by atoms with E-state index in [9.17, 15) is 8.42 Å². The summed E-state index contributed by atoms with van der Waals surface area (Å²) in [5, 5.41) is 9.32. The van der Waals surface area contributed by atoms with Gasteiger partial charge in [-0.05, 0) is 29.8 Å². The first kappa shape index (κ1) is 16.3. The number of halogens is 2. The lowest BCUT2D eigenvalue weighted by Gasteiger charge is -2.11. The van der Waals surface area contributed by atoms with E-state index in [-0.39, 0.29) is 27.0 Å². The fraction of sp³-hybridized carbons (Fsp3) is 0.231. The van der Waals surface area contributed by atoms with E-state index in [1.807, 2.05) is 0 Å². The molecule has 2 aromatic rings. The third-order valence-corrected chi connectivity index (χ3v) is 5.04. The summed E-state index contributed by atoms with van der Waals surface area (Å²) < 4.78 is 32.0. The van der Waals surface area contributed by atoms with Gasteiger partial charge in [-0.1, -0.05) is 23.2 Å².